The number of ether oxygens (including phenoxy) is 2. The second-order valence-electron chi connectivity index (χ2n) is 11.9. The summed E-state index contributed by atoms with van der Waals surface area (Å²) in [4.78, 5) is 20.0. The SMILES string of the molecule is C=CC(F)(F)CN1CCC(c2cnc(-c3nn(Cc4c(F)cc(OCCOC)cc4F)c4ccccc34)nc2Nc2ccnc(C)n2)CC1. The lowest BCUT2D eigenvalue weighted by molar-refractivity contribution is 0.00687. The molecule has 0 radical (unpaired) electrons. The fourth-order valence-corrected chi connectivity index (χ4v) is 5.94. The Morgan fingerprint density at radius 3 is 2.51 bits per heavy atom. The van der Waals surface area contributed by atoms with E-state index in [9.17, 15) is 8.78 Å². The number of fused-ring (bicyclic) bond motifs is 1. The van der Waals surface area contributed by atoms with Gasteiger partial charge in [0.25, 0.3) is 5.92 Å². The van der Waals surface area contributed by atoms with Gasteiger partial charge >= 0.3 is 0 Å². The van der Waals surface area contributed by atoms with Crippen molar-refractivity contribution in [1.29, 1.82) is 0 Å². The van der Waals surface area contributed by atoms with E-state index in [1.165, 1.54) is 11.8 Å². The molecule has 0 aliphatic carbocycles. The second kappa shape index (κ2) is 14.7. The van der Waals surface area contributed by atoms with E-state index >= 15 is 8.78 Å². The maximum Gasteiger partial charge on any atom is 0.278 e. The van der Waals surface area contributed by atoms with Crippen molar-refractivity contribution in [3.05, 3.63) is 96.1 Å². The first-order chi connectivity index (χ1) is 23.6. The Morgan fingerprint density at radius 1 is 1.04 bits per heavy atom. The Bertz CT molecular complexity index is 1920. The van der Waals surface area contributed by atoms with E-state index in [2.05, 4.69) is 21.9 Å². The normalized spacial score (nSPS) is 14.3. The number of aromatic nitrogens is 6. The van der Waals surface area contributed by atoms with Crippen LogP contribution in [0, 0.1) is 18.6 Å². The third-order valence-corrected chi connectivity index (χ3v) is 8.45. The number of alkyl halides is 2. The van der Waals surface area contributed by atoms with Gasteiger partial charge in [0.15, 0.2) is 5.82 Å². The smallest absolute Gasteiger partial charge is 0.278 e. The van der Waals surface area contributed by atoms with Gasteiger partial charge in [0.05, 0.1) is 25.2 Å². The van der Waals surface area contributed by atoms with Crippen molar-refractivity contribution < 1.29 is 27.0 Å². The summed E-state index contributed by atoms with van der Waals surface area (Å²) in [5.41, 5.74) is 1.70. The lowest BCUT2D eigenvalue weighted by Crippen LogP contribution is -2.40. The Balaban J connectivity index is 1.33. The molecule has 6 rings (SSSR count). The summed E-state index contributed by atoms with van der Waals surface area (Å²) in [7, 11) is 1.51. The molecular formula is C35H36F4N8O2. The molecule has 49 heavy (non-hydrogen) atoms. The monoisotopic (exact) mass is 676 g/mol. The number of piperidine rings is 1. The van der Waals surface area contributed by atoms with Crippen LogP contribution in [0.25, 0.3) is 22.4 Å². The molecule has 1 fully saturated rings. The van der Waals surface area contributed by atoms with Crippen LogP contribution in [0.3, 0.4) is 0 Å². The highest BCUT2D eigenvalue weighted by Crippen LogP contribution is 2.36. The topological polar surface area (TPSA) is 103 Å². The molecule has 5 aromatic rings. The first-order valence-corrected chi connectivity index (χ1v) is 15.9. The highest BCUT2D eigenvalue weighted by molar-refractivity contribution is 5.92. The fraction of sp³-hybridized carbons (Fsp3) is 0.343. The lowest BCUT2D eigenvalue weighted by Gasteiger charge is -2.34. The molecule has 256 valence electrons. The summed E-state index contributed by atoms with van der Waals surface area (Å²) >= 11 is 0. The van der Waals surface area contributed by atoms with Gasteiger partial charge in [-0.2, -0.15) is 5.10 Å². The molecule has 0 spiro atoms. The van der Waals surface area contributed by atoms with Gasteiger partial charge in [0.1, 0.15) is 47.1 Å². The first-order valence-electron chi connectivity index (χ1n) is 15.9. The number of nitrogens with one attached hydrogen (secondary N) is 1. The van der Waals surface area contributed by atoms with Gasteiger partial charge in [0, 0.05) is 48.1 Å². The summed E-state index contributed by atoms with van der Waals surface area (Å²) in [6, 6.07) is 11.3. The minimum atomic E-state index is -2.96. The molecule has 2 aromatic carbocycles. The van der Waals surface area contributed by atoms with Crippen LogP contribution in [0.5, 0.6) is 5.75 Å². The Hall–Kier alpha value is -4.95. The summed E-state index contributed by atoms with van der Waals surface area (Å²) in [5, 5.41) is 8.75. The molecule has 0 saturated carbocycles. The first kappa shape index (κ1) is 33.9. The van der Waals surface area contributed by atoms with Crippen molar-refractivity contribution >= 4 is 22.5 Å². The molecule has 4 heterocycles. The number of benzene rings is 2. The summed E-state index contributed by atoms with van der Waals surface area (Å²) in [6.07, 6.45) is 5.30. The summed E-state index contributed by atoms with van der Waals surface area (Å²) < 4.78 is 70.2. The van der Waals surface area contributed by atoms with Gasteiger partial charge in [-0.3, -0.25) is 9.58 Å². The minimum absolute atomic E-state index is 0.00482. The zero-order valence-electron chi connectivity index (χ0n) is 27.2. The van der Waals surface area contributed by atoms with Gasteiger partial charge in [-0.05, 0) is 57.0 Å². The average molecular weight is 677 g/mol. The van der Waals surface area contributed by atoms with E-state index in [-0.39, 0.29) is 49.4 Å². The number of rotatable bonds is 13. The van der Waals surface area contributed by atoms with Crippen molar-refractivity contribution in [2.24, 2.45) is 0 Å². The fourth-order valence-electron chi connectivity index (χ4n) is 5.94. The molecule has 0 bridgehead atoms. The van der Waals surface area contributed by atoms with Crippen molar-refractivity contribution in [2.45, 2.75) is 38.2 Å². The molecule has 1 N–H and O–H groups in total. The van der Waals surface area contributed by atoms with E-state index < -0.39 is 17.6 Å². The largest absolute Gasteiger partial charge is 0.491 e. The number of nitrogens with zero attached hydrogens (tertiary/aromatic N) is 7. The number of para-hydroxylation sites is 1. The molecule has 0 amide bonds. The predicted molar refractivity (Wildman–Crippen MR) is 177 cm³/mol. The number of aryl methyl sites for hydroxylation is 1. The van der Waals surface area contributed by atoms with Crippen molar-refractivity contribution in [3.63, 3.8) is 0 Å². The third-order valence-electron chi connectivity index (χ3n) is 8.45. The molecule has 3 aromatic heterocycles. The molecule has 1 aliphatic rings. The molecule has 1 saturated heterocycles. The Morgan fingerprint density at radius 2 is 1.80 bits per heavy atom. The molecule has 0 unspecified atom stereocenters. The third kappa shape index (κ3) is 7.86. The Kier molecular flexibility index (Phi) is 10.2. The van der Waals surface area contributed by atoms with Crippen LogP contribution in [0.1, 0.15) is 35.7 Å². The number of hydrogen-bond donors (Lipinski definition) is 1. The van der Waals surface area contributed by atoms with E-state index in [1.807, 2.05) is 24.3 Å². The van der Waals surface area contributed by atoms with Crippen molar-refractivity contribution in [1.82, 2.24) is 34.6 Å². The van der Waals surface area contributed by atoms with Gasteiger partial charge in [-0.1, -0.05) is 24.8 Å². The van der Waals surface area contributed by atoms with Gasteiger partial charge in [-0.15, -0.1) is 0 Å². The number of likely N-dealkylation sites (tertiary alicyclic amines) is 1. The van der Waals surface area contributed by atoms with Crippen LogP contribution in [-0.2, 0) is 11.3 Å². The molecule has 10 nitrogen and oxygen atoms in total. The highest BCUT2D eigenvalue weighted by atomic mass is 19.3. The van der Waals surface area contributed by atoms with Crippen LogP contribution in [0.15, 0.2) is 67.5 Å². The van der Waals surface area contributed by atoms with E-state index in [0.717, 1.165) is 17.7 Å². The summed E-state index contributed by atoms with van der Waals surface area (Å²) in [5.74, 6) is -2.55. The molecule has 14 heteroatoms. The van der Waals surface area contributed by atoms with Crippen LogP contribution in [0.2, 0.25) is 0 Å². The van der Waals surface area contributed by atoms with E-state index in [4.69, 9.17) is 24.5 Å². The lowest BCUT2D eigenvalue weighted by atomic mass is 9.90. The van der Waals surface area contributed by atoms with Crippen LogP contribution in [-0.4, -0.2) is 80.5 Å². The van der Waals surface area contributed by atoms with Crippen LogP contribution >= 0.6 is 0 Å². The second-order valence-corrected chi connectivity index (χ2v) is 11.9. The van der Waals surface area contributed by atoms with Crippen molar-refractivity contribution in [3.8, 4) is 17.3 Å². The average Bonchev–Trinajstić information content (AvgIpc) is 3.45. The van der Waals surface area contributed by atoms with Crippen LogP contribution < -0.4 is 10.1 Å². The van der Waals surface area contributed by atoms with Gasteiger partial charge in [-0.25, -0.2) is 37.5 Å². The Labute approximate surface area is 280 Å². The van der Waals surface area contributed by atoms with Crippen molar-refractivity contribution in [2.75, 3.05) is 45.3 Å². The standard InChI is InChI=1S/C35H36F4N8O2/c1-4-35(38,39)21-46-13-10-23(11-14-46)26-19-41-34(44-33(26)43-31-9-12-40-22(2)42-31)32-25-7-5-6-8-30(25)47(45-32)20-27-28(36)17-24(18-29(27)37)49-16-15-48-3/h4-9,12,17-19,23H,1,10-11,13-16,20-21H2,2-3H3,(H,40,41,42,43,44). The number of anilines is 2. The van der Waals surface area contributed by atoms with Crippen LogP contribution in [0.4, 0.5) is 29.2 Å². The van der Waals surface area contributed by atoms with Gasteiger partial charge in [0.2, 0.25) is 0 Å². The quantitative estimate of drug-likeness (QED) is 0.0831. The minimum Gasteiger partial charge on any atom is -0.491 e. The number of halogens is 4. The predicted octanol–water partition coefficient (Wildman–Crippen LogP) is 6.69. The zero-order valence-corrected chi connectivity index (χ0v) is 27.2. The van der Waals surface area contributed by atoms with E-state index in [0.29, 0.717) is 66.1 Å². The summed E-state index contributed by atoms with van der Waals surface area (Å²) in [6.45, 7) is 5.85. The molecule has 1 aliphatic heterocycles. The number of methoxy groups -OCH3 is 1. The maximum atomic E-state index is 15.2. The zero-order chi connectivity index (χ0) is 34.5. The van der Waals surface area contributed by atoms with E-state index in [1.54, 1.807) is 30.3 Å². The van der Waals surface area contributed by atoms with Gasteiger partial charge < -0.3 is 14.8 Å². The maximum absolute atomic E-state index is 15.2. The molecular weight excluding hydrogens is 640 g/mol. The highest BCUT2D eigenvalue weighted by Gasteiger charge is 2.32. The molecule has 0 atom stereocenters. The number of hydrogen-bond acceptors (Lipinski definition) is 9.